The lowest BCUT2D eigenvalue weighted by Gasteiger charge is -2.17. The first kappa shape index (κ1) is 23.4. The average molecular weight is 476 g/mol. The smallest absolute Gasteiger partial charge is 0.262 e. The van der Waals surface area contributed by atoms with Crippen molar-refractivity contribution in [2.24, 2.45) is 0 Å². The second-order valence-electron chi connectivity index (χ2n) is 7.60. The molecule has 3 aromatic carbocycles. The van der Waals surface area contributed by atoms with Gasteiger partial charge in [0.2, 0.25) is 5.91 Å². The van der Waals surface area contributed by atoms with Gasteiger partial charge < -0.3 is 14.8 Å². The Morgan fingerprint density at radius 3 is 2.44 bits per heavy atom. The first-order valence-electron chi connectivity index (χ1n) is 10.7. The summed E-state index contributed by atoms with van der Waals surface area (Å²) in [6.07, 6.45) is 0. The molecule has 0 aliphatic carbocycles. The predicted molar refractivity (Wildman–Crippen MR) is 135 cm³/mol. The summed E-state index contributed by atoms with van der Waals surface area (Å²) in [6.45, 7) is 2.11. The molecular formula is C26H25N3O4S. The molecule has 0 saturated carbocycles. The zero-order valence-electron chi connectivity index (χ0n) is 19.1. The van der Waals surface area contributed by atoms with E-state index in [1.165, 1.54) is 11.8 Å². The van der Waals surface area contributed by atoms with E-state index in [1.54, 1.807) is 50.0 Å². The van der Waals surface area contributed by atoms with Gasteiger partial charge in [-0.1, -0.05) is 48.2 Å². The molecule has 174 valence electrons. The van der Waals surface area contributed by atoms with Crippen molar-refractivity contribution >= 4 is 34.3 Å². The highest BCUT2D eigenvalue weighted by atomic mass is 32.2. The molecule has 0 spiro atoms. The molecule has 1 aromatic heterocycles. The molecule has 0 radical (unpaired) electrons. The maximum Gasteiger partial charge on any atom is 0.262 e. The van der Waals surface area contributed by atoms with Crippen LogP contribution in [0, 0.1) is 0 Å². The first-order valence-corrected chi connectivity index (χ1v) is 11.6. The molecule has 0 fully saturated rings. The molecule has 1 unspecified atom stereocenters. The monoisotopic (exact) mass is 475 g/mol. The minimum Gasteiger partial charge on any atom is -0.497 e. The highest BCUT2D eigenvalue weighted by Crippen LogP contribution is 2.27. The number of nitrogens with one attached hydrogen (secondary N) is 1. The van der Waals surface area contributed by atoms with E-state index in [9.17, 15) is 9.59 Å². The molecular weight excluding hydrogens is 450 g/mol. The minimum absolute atomic E-state index is 0.152. The minimum atomic E-state index is -0.514. The molecule has 0 bridgehead atoms. The van der Waals surface area contributed by atoms with E-state index in [2.05, 4.69) is 5.32 Å². The zero-order chi connectivity index (χ0) is 24.1. The van der Waals surface area contributed by atoms with Crippen LogP contribution in [0.5, 0.6) is 11.5 Å². The lowest BCUT2D eigenvalue weighted by molar-refractivity contribution is -0.115. The molecule has 0 aliphatic heterocycles. The number of nitrogens with zero attached hydrogens (tertiary/aromatic N) is 2. The third kappa shape index (κ3) is 5.07. The zero-order valence-corrected chi connectivity index (χ0v) is 20.0. The number of amides is 1. The van der Waals surface area contributed by atoms with Crippen molar-refractivity contribution in [1.29, 1.82) is 0 Å². The molecule has 7 nitrogen and oxygen atoms in total. The van der Waals surface area contributed by atoms with Gasteiger partial charge in [-0.3, -0.25) is 14.2 Å². The maximum atomic E-state index is 13.4. The fourth-order valence-corrected chi connectivity index (χ4v) is 4.39. The summed E-state index contributed by atoms with van der Waals surface area (Å²) >= 11 is 1.24. The number of thioether (sulfide) groups is 1. The van der Waals surface area contributed by atoms with Crippen LogP contribution in [0.2, 0.25) is 0 Å². The molecule has 1 amide bonds. The number of carbonyl (C=O) groups is 1. The van der Waals surface area contributed by atoms with E-state index in [4.69, 9.17) is 14.5 Å². The fraction of sp³-hybridized carbons (Fsp3) is 0.192. The quantitative estimate of drug-likeness (QED) is 0.297. The van der Waals surface area contributed by atoms with Crippen molar-refractivity contribution < 1.29 is 14.3 Å². The molecule has 0 saturated heterocycles. The van der Waals surface area contributed by atoms with Crippen LogP contribution >= 0.6 is 11.8 Å². The number of hydrogen-bond donors (Lipinski definition) is 1. The normalized spacial score (nSPS) is 11.7. The van der Waals surface area contributed by atoms with Crippen molar-refractivity contribution in [1.82, 2.24) is 9.55 Å². The van der Waals surface area contributed by atoms with Crippen molar-refractivity contribution in [2.45, 2.75) is 23.9 Å². The van der Waals surface area contributed by atoms with Crippen molar-refractivity contribution in [2.75, 3.05) is 19.5 Å². The summed E-state index contributed by atoms with van der Waals surface area (Å²) in [5, 5.41) is 3.40. The number of aromatic nitrogens is 2. The van der Waals surface area contributed by atoms with E-state index in [0.29, 0.717) is 34.0 Å². The number of carbonyl (C=O) groups excluding carboxylic acids is 1. The summed E-state index contributed by atoms with van der Waals surface area (Å²) in [6, 6.07) is 22.0. The number of hydrogen-bond acceptors (Lipinski definition) is 6. The molecule has 1 heterocycles. The van der Waals surface area contributed by atoms with Gasteiger partial charge in [-0.15, -0.1) is 0 Å². The maximum absolute atomic E-state index is 13.4. The van der Waals surface area contributed by atoms with E-state index in [-0.39, 0.29) is 11.5 Å². The van der Waals surface area contributed by atoms with Crippen LogP contribution in [-0.4, -0.2) is 34.9 Å². The Balaban J connectivity index is 1.65. The standard InChI is InChI=1S/C26H25N3O4S/c1-17(24(30)27-22-10-6-7-11-23(22)33-3)34-26-28-21-9-5-4-8-20(21)25(31)29(26)16-18-12-14-19(32-2)15-13-18/h4-15,17H,16H2,1-3H3,(H,27,30). The molecule has 1 atom stereocenters. The van der Waals surface area contributed by atoms with E-state index in [0.717, 1.165) is 11.3 Å². The fourth-order valence-electron chi connectivity index (χ4n) is 3.48. The summed E-state index contributed by atoms with van der Waals surface area (Å²) in [7, 11) is 3.17. The number of ether oxygens (including phenoxy) is 2. The van der Waals surface area contributed by atoms with Gasteiger partial charge in [0.1, 0.15) is 11.5 Å². The van der Waals surface area contributed by atoms with Gasteiger partial charge >= 0.3 is 0 Å². The number of fused-ring (bicyclic) bond motifs is 1. The van der Waals surface area contributed by atoms with E-state index < -0.39 is 5.25 Å². The number of rotatable bonds is 8. The number of benzene rings is 3. The van der Waals surface area contributed by atoms with Gasteiger partial charge in [-0.25, -0.2) is 4.98 Å². The first-order chi connectivity index (χ1) is 16.5. The van der Waals surface area contributed by atoms with Gasteiger partial charge in [0.15, 0.2) is 5.16 Å². The Bertz CT molecular complexity index is 1370. The average Bonchev–Trinajstić information content (AvgIpc) is 2.87. The van der Waals surface area contributed by atoms with Crippen LogP contribution in [0.4, 0.5) is 5.69 Å². The van der Waals surface area contributed by atoms with Gasteiger partial charge in [0.05, 0.1) is 42.6 Å². The molecule has 0 aliphatic rings. The highest BCUT2D eigenvalue weighted by Gasteiger charge is 2.20. The SMILES string of the molecule is COc1ccc(Cn2c(SC(C)C(=O)Nc3ccccc3OC)nc3ccccc3c2=O)cc1. The summed E-state index contributed by atoms with van der Waals surface area (Å²) < 4.78 is 12.2. The molecule has 4 aromatic rings. The number of anilines is 1. The van der Waals surface area contributed by atoms with Crippen molar-refractivity contribution in [3.05, 3.63) is 88.7 Å². The van der Waals surface area contributed by atoms with Crippen LogP contribution < -0.4 is 20.3 Å². The van der Waals surface area contributed by atoms with Crippen LogP contribution in [0.1, 0.15) is 12.5 Å². The van der Waals surface area contributed by atoms with Crippen LogP contribution in [-0.2, 0) is 11.3 Å². The second kappa shape index (κ2) is 10.4. The van der Waals surface area contributed by atoms with E-state index in [1.807, 2.05) is 48.5 Å². The molecule has 4 rings (SSSR count). The van der Waals surface area contributed by atoms with Crippen molar-refractivity contribution in [3.63, 3.8) is 0 Å². The Labute approximate surface area is 201 Å². The molecule has 1 N–H and O–H groups in total. The summed E-state index contributed by atoms with van der Waals surface area (Å²) in [5.41, 5.74) is 1.96. The largest absolute Gasteiger partial charge is 0.497 e. The Kier molecular flexibility index (Phi) is 7.18. The van der Waals surface area contributed by atoms with Crippen LogP contribution in [0.15, 0.2) is 82.7 Å². The highest BCUT2D eigenvalue weighted by molar-refractivity contribution is 8.00. The Morgan fingerprint density at radius 2 is 1.71 bits per heavy atom. The van der Waals surface area contributed by atoms with Gasteiger partial charge in [0.25, 0.3) is 5.56 Å². The van der Waals surface area contributed by atoms with Gasteiger partial charge in [-0.05, 0) is 48.9 Å². The summed E-state index contributed by atoms with van der Waals surface area (Å²) in [4.78, 5) is 31.1. The lowest BCUT2D eigenvalue weighted by atomic mass is 10.2. The Hall–Kier alpha value is -3.78. The summed E-state index contributed by atoms with van der Waals surface area (Å²) in [5.74, 6) is 1.10. The third-order valence-corrected chi connectivity index (χ3v) is 6.43. The van der Waals surface area contributed by atoms with Crippen LogP contribution in [0.25, 0.3) is 10.9 Å². The lowest BCUT2D eigenvalue weighted by Crippen LogP contribution is -2.27. The van der Waals surface area contributed by atoms with E-state index >= 15 is 0 Å². The number of para-hydroxylation sites is 3. The predicted octanol–water partition coefficient (Wildman–Crippen LogP) is 4.58. The van der Waals surface area contributed by atoms with Crippen LogP contribution in [0.3, 0.4) is 0 Å². The number of methoxy groups -OCH3 is 2. The third-order valence-electron chi connectivity index (χ3n) is 5.34. The second-order valence-corrected chi connectivity index (χ2v) is 8.91. The molecule has 8 heteroatoms. The Morgan fingerprint density at radius 1 is 1.00 bits per heavy atom. The topological polar surface area (TPSA) is 82.4 Å². The van der Waals surface area contributed by atoms with Crippen molar-refractivity contribution in [3.8, 4) is 11.5 Å². The van der Waals surface area contributed by atoms with Gasteiger partial charge in [-0.2, -0.15) is 0 Å². The molecule has 34 heavy (non-hydrogen) atoms. The van der Waals surface area contributed by atoms with Gasteiger partial charge in [0, 0.05) is 0 Å².